The number of carbonyl (C=O) groups excluding carboxylic acids is 1. The Balaban J connectivity index is 2.41. The van der Waals surface area contributed by atoms with Crippen LogP contribution in [-0.4, -0.2) is 15.8 Å². The van der Waals surface area contributed by atoms with Gasteiger partial charge in [-0.3, -0.25) is 4.79 Å². The van der Waals surface area contributed by atoms with Crippen molar-refractivity contribution in [2.75, 3.05) is 0 Å². The third kappa shape index (κ3) is 1.28. The van der Waals surface area contributed by atoms with Gasteiger partial charge >= 0.3 is 0 Å². The topological polar surface area (TPSA) is 34.9 Å². The Hall–Kier alpha value is -1.12. The number of carbonyl (C=O) groups is 1. The van der Waals surface area contributed by atoms with Crippen molar-refractivity contribution in [3.63, 3.8) is 0 Å². The maximum atomic E-state index is 10.5. The molecule has 13 heavy (non-hydrogen) atoms. The van der Waals surface area contributed by atoms with E-state index in [2.05, 4.69) is 23.4 Å². The van der Waals surface area contributed by atoms with E-state index < -0.39 is 0 Å². The predicted molar refractivity (Wildman–Crippen MR) is 49.8 cm³/mol. The second kappa shape index (κ2) is 2.98. The van der Waals surface area contributed by atoms with Crippen molar-refractivity contribution in [2.24, 2.45) is 5.92 Å². The number of hydrogen-bond donors (Lipinski definition) is 0. The van der Waals surface area contributed by atoms with E-state index in [1.165, 1.54) is 6.42 Å². The molecule has 1 aromatic heterocycles. The van der Waals surface area contributed by atoms with Gasteiger partial charge in [-0.05, 0) is 12.3 Å². The molecular weight excluding hydrogens is 164 g/mol. The molecule has 2 rings (SSSR count). The van der Waals surface area contributed by atoms with Gasteiger partial charge in [0.05, 0.1) is 0 Å². The molecular formula is C10H14N2O. The molecule has 0 aromatic carbocycles. The summed E-state index contributed by atoms with van der Waals surface area (Å²) in [5.74, 6) is 2.22. The lowest BCUT2D eigenvalue weighted by atomic mass is 9.89. The summed E-state index contributed by atoms with van der Waals surface area (Å²) in [6.07, 6.45) is 3.86. The third-order valence-electron chi connectivity index (χ3n) is 3.03. The van der Waals surface area contributed by atoms with Gasteiger partial charge in [-0.1, -0.05) is 13.8 Å². The molecule has 0 spiro atoms. The van der Waals surface area contributed by atoms with Gasteiger partial charge in [0.2, 0.25) is 0 Å². The molecule has 1 aliphatic heterocycles. The molecule has 70 valence electrons. The Kier molecular flexibility index (Phi) is 1.94. The fourth-order valence-corrected chi connectivity index (χ4v) is 1.90. The highest BCUT2D eigenvalue weighted by Crippen LogP contribution is 2.30. The van der Waals surface area contributed by atoms with E-state index in [0.717, 1.165) is 18.7 Å². The van der Waals surface area contributed by atoms with Crippen molar-refractivity contribution in [1.29, 1.82) is 0 Å². The van der Waals surface area contributed by atoms with Gasteiger partial charge in [0.15, 0.2) is 6.29 Å². The van der Waals surface area contributed by atoms with Crippen molar-refractivity contribution < 1.29 is 4.79 Å². The maximum absolute atomic E-state index is 10.5. The van der Waals surface area contributed by atoms with Crippen LogP contribution in [0.5, 0.6) is 0 Å². The van der Waals surface area contributed by atoms with Crippen LogP contribution in [0, 0.1) is 5.92 Å². The van der Waals surface area contributed by atoms with Crippen molar-refractivity contribution >= 4 is 6.29 Å². The summed E-state index contributed by atoms with van der Waals surface area (Å²) in [6, 6.07) is 0. The molecule has 0 N–H and O–H groups in total. The highest BCUT2D eigenvalue weighted by atomic mass is 16.1. The Bertz CT molecular complexity index is 330. The van der Waals surface area contributed by atoms with Gasteiger partial charge in [-0.15, -0.1) is 0 Å². The van der Waals surface area contributed by atoms with Crippen LogP contribution in [-0.2, 0) is 6.54 Å². The number of fused-ring (bicyclic) bond motifs is 1. The molecule has 0 bridgehead atoms. The SMILES string of the molecule is CC1CCn2cc(C=O)nc2C1C. The van der Waals surface area contributed by atoms with Crippen LogP contribution < -0.4 is 0 Å². The molecule has 2 atom stereocenters. The zero-order valence-electron chi connectivity index (χ0n) is 8.03. The molecule has 0 saturated heterocycles. The quantitative estimate of drug-likeness (QED) is 0.615. The first-order valence-corrected chi connectivity index (χ1v) is 4.74. The Labute approximate surface area is 77.8 Å². The number of aldehydes is 1. The number of aromatic nitrogens is 2. The second-order valence-electron chi connectivity index (χ2n) is 3.89. The molecule has 3 nitrogen and oxygen atoms in total. The van der Waals surface area contributed by atoms with Crippen molar-refractivity contribution in [2.45, 2.75) is 32.7 Å². The monoisotopic (exact) mass is 178 g/mol. The number of nitrogens with zero attached hydrogens (tertiary/aromatic N) is 2. The Morgan fingerprint density at radius 1 is 1.62 bits per heavy atom. The van der Waals surface area contributed by atoms with Crippen LogP contribution in [0.1, 0.15) is 42.5 Å². The summed E-state index contributed by atoms with van der Waals surface area (Å²) < 4.78 is 2.11. The minimum atomic E-state index is 0.474. The average Bonchev–Trinajstić information content (AvgIpc) is 2.55. The van der Waals surface area contributed by atoms with Gasteiger partial charge in [-0.25, -0.2) is 4.98 Å². The summed E-state index contributed by atoms with van der Waals surface area (Å²) in [5.41, 5.74) is 0.566. The van der Waals surface area contributed by atoms with E-state index >= 15 is 0 Å². The largest absolute Gasteiger partial charge is 0.334 e. The van der Waals surface area contributed by atoms with Gasteiger partial charge in [-0.2, -0.15) is 0 Å². The van der Waals surface area contributed by atoms with E-state index in [1.54, 1.807) is 0 Å². The van der Waals surface area contributed by atoms with Crippen LogP contribution in [0.3, 0.4) is 0 Å². The number of rotatable bonds is 1. The highest BCUT2D eigenvalue weighted by Gasteiger charge is 2.24. The molecule has 2 unspecified atom stereocenters. The van der Waals surface area contributed by atoms with Gasteiger partial charge in [0.25, 0.3) is 0 Å². The molecule has 3 heteroatoms. The summed E-state index contributed by atoms with van der Waals surface area (Å²) >= 11 is 0. The minimum Gasteiger partial charge on any atom is -0.334 e. The highest BCUT2D eigenvalue weighted by molar-refractivity contribution is 5.71. The van der Waals surface area contributed by atoms with Crippen LogP contribution in [0.15, 0.2) is 6.20 Å². The lowest BCUT2D eigenvalue weighted by Gasteiger charge is -2.26. The Morgan fingerprint density at radius 2 is 2.38 bits per heavy atom. The van der Waals surface area contributed by atoms with Gasteiger partial charge in [0.1, 0.15) is 11.5 Å². The second-order valence-corrected chi connectivity index (χ2v) is 3.89. The minimum absolute atomic E-state index is 0.474. The fraction of sp³-hybridized carbons (Fsp3) is 0.600. The summed E-state index contributed by atoms with van der Waals surface area (Å²) in [7, 11) is 0. The van der Waals surface area contributed by atoms with E-state index in [1.807, 2.05) is 6.20 Å². The van der Waals surface area contributed by atoms with Crippen LogP contribution in [0.25, 0.3) is 0 Å². The fourth-order valence-electron chi connectivity index (χ4n) is 1.90. The number of aryl methyl sites for hydroxylation is 1. The van der Waals surface area contributed by atoms with Crippen molar-refractivity contribution in [1.82, 2.24) is 9.55 Å². The van der Waals surface area contributed by atoms with Gasteiger partial charge < -0.3 is 4.57 Å². The predicted octanol–water partition coefficient (Wildman–Crippen LogP) is 1.84. The first-order chi connectivity index (χ1) is 6.22. The molecule has 1 aromatic rings. The zero-order valence-corrected chi connectivity index (χ0v) is 8.03. The zero-order chi connectivity index (χ0) is 9.42. The summed E-state index contributed by atoms with van der Waals surface area (Å²) in [6.45, 7) is 5.42. The van der Waals surface area contributed by atoms with Crippen LogP contribution >= 0.6 is 0 Å². The number of hydrogen-bond acceptors (Lipinski definition) is 2. The average molecular weight is 178 g/mol. The smallest absolute Gasteiger partial charge is 0.170 e. The third-order valence-corrected chi connectivity index (χ3v) is 3.03. The first kappa shape index (κ1) is 8.48. The molecule has 1 aliphatic rings. The molecule has 0 aliphatic carbocycles. The molecule has 0 amide bonds. The summed E-state index contributed by atoms with van der Waals surface area (Å²) in [4.78, 5) is 14.8. The maximum Gasteiger partial charge on any atom is 0.170 e. The molecule has 0 fully saturated rings. The lowest BCUT2D eigenvalue weighted by molar-refractivity contribution is 0.111. The lowest BCUT2D eigenvalue weighted by Crippen LogP contribution is -2.20. The molecule has 0 radical (unpaired) electrons. The summed E-state index contributed by atoms with van der Waals surface area (Å²) in [5, 5.41) is 0. The van der Waals surface area contributed by atoms with E-state index in [-0.39, 0.29) is 0 Å². The number of imidazole rings is 1. The van der Waals surface area contributed by atoms with Crippen molar-refractivity contribution in [3.8, 4) is 0 Å². The van der Waals surface area contributed by atoms with E-state index in [9.17, 15) is 4.79 Å². The van der Waals surface area contributed by atoms with Crippen molar-refractivity contribution in [3.05, 3.63) is 17.7 Å². The van der Waals surface area contributed by atoms with Gasteiger partial charge in [0, 0.05) is 18.7 Å². The Morgan fingerprint density at radius 3 is 3.08 bits per heavy atom. The van der Waals surface area contributed by atoms with Crippen LogP contribution in [0.2, 0.25) is 0 Å². The molecule has 2 heterocycles. The first-order valence-electron chi connectivity index (χ1n) is 4.74. The standard InChI is InChI=1S/C10H14N2O/c1-7-3-4-12-5-9(6-13)11-10(12)8(7)2/h5-8H,3-4H2,1-2H3. The normalized spacial score (nSPS) is 26.9. The van der Waals surface area contributed by atoms with Crippen LogP contribution in [0.4, 0.5) is 0 Å². The van der Waals surface area contributed by atoms with E-state index in [0.29, 0.717) is 17.5 Å². The van der Waals surface area contributed by atoms with E-state index in [4.69, 9.17) is 0 Å². The molecule has 0 saturated carbocycles.